The molecule has 1 N–H and O–H groups in total. The van der Waals surface area contributed by atoms with E-state index in [2.05, 4.69) is 35.1 Å². The first-order valence-corrected chi connectivity index (χ1v) is 12.6. The fraction of sp³-hybridized carbons (Fsp3) is 0.583. The molecule has 0 radical (unpaired) electrons. The summed E-state index contributed by atoms with van der Waals surface area (Å²) in [7, 11) is 0. The number of amides is 2. The lowest BCUT2D eigenvalue weighted by atomic mass is 10.0. The van der Waals surface area contributed by atoms with Gasteiger partial charge in [0.15, 0.2) is 5.13 Å². The molecule has 2 aliphatic heterocycles. The predicted molar refractivity (Wildman–Crippen MR) is 127 cm³/mol. The molecule has 1 saturated carbocycles. The van der Waals surface area contributed by atoms with E-state index >= 15 is 0 Å². The van der Waals surface area contributed by atoms with Crippen molar-refractivity contribution in [1.29, 1.82) is 0 Å². The second-order valence-electron chi connectivity index (χ2n) is 9.38. The van der Waals surface area contributed by atoms with Gasteiger partial charge in [-0.1, -0.05) is 11.3 Å². The molecule has 0 aromatic carbocycles. The number of hydrogen-bond acceptors (Lipinski definition) is 7. The molecule has 1 saturated heterocycles. The van der Waals surface area contributed by atoms with Crippen LogP contribution in [-0.4, -0.2) is 63.9 Å². The normalized spacial score (nSPS) is 20.6. The largest absolute Gasteiger partial charge is 0.379 e. The molecule has 8 nitrogen and oxygen atoms in total. The Hall–Kier alpha value is -2.36. The Morgan fingerprint density at radius 1 is 1.24 bits per heavy atom. The molecular formula is C24H31N5O3S. The van der Waals surface area contributed by atoms with Gasteiger partial charge in [0.05, 0.1) is 46.8 Å². The molecule has 0 spiro atoms. The van der Waals surface area contributed by atoms with Crippen molar-refractivity contribution in [2.75, 3.05) is 31.6 Å². The monoisotopic (exact) mass is 469 g/mol. The highest BCUT2D eigenvalue weighted by molar-refractivity contribution is 7.19. The molecule has 0 bridgehead atoms. The van der Waals surface area contributed by atoms with E-state index in [4.69, 9.17) is 9.72 Å². The smallest absolute Gasteiger partial charge is 0.256 e. The summed E-state index contributed by atoms with van der Waals surface area (Å²) in [4.78, 5) is 40.0. The number of carbonyl (C=O) groups excluding carboxylic acids is 2. The third kappa shape index (κ3) is 4.29. The molecule has 33 heavy (non-hydrogen) atoms. The number of ether oxygens (including phenoxy) is 1. The molecule has 3 aliphatic rings. The van der Waals surface area contributed by atoms with Crippen LogP contribution in [0.3, 0.4) is 0 Å². The first-order valence-electron chi connectivity index (χ1n) is 11.8. The average Bonchev–Trinajstić information content (AvgIpc) is 3.51. The van der Waals surface area contributed by atoms with Gasteiger partial charge >= 0.3 is 0 Å². The van der Waals surface area contributed by atoms with Crippen LogP contribution in [0.25, 0.3) is 10.6 Å². The molecule has 1 unspecified atom stereocenters. The van der Waals surface area contributed by atoms with E-state index in [-0.39, 0.29) is 23.9 Å². The van der Waals surface area contributed by atoms with Crippen LogP contribution in [0.15, 0.2) is 6.07 Å². The second kappa shape index (κ2) is 8.77. The summed E-state index contributed by atoms with van der Waals surface area (Å²) in [6, 6.07) is 2.31. The molecule has 9 heteroatoms. The lowest BCUT2D eigenvalue weighted by Gasteiger charge is -2.32. The number of aromatic nitrogens is 2. The number of anilines is 1. The van der Waals surface area contributed by atoms with E-state index in [1.807, 2.05) is 11.8 Å². The van der Waals surface area contributed by atoms with Crippen molar-refractivity contribution in [3.63, 3.8) is 0 Å². The summed E-state index contributed by atoms with van der Waals surface area (Å²) in [5.41, 5.74) is 4.31. The molecule has 5 rings (SSSR count). The predicted octanol–water partition coefficient (Wildman–Crippen LogP) is 3.62. The van der Waals surface area contributed by atoms with Gasteiger partial charge in [0, 0.05) is 32.6 Å². The third-order valence-corrected chi connectivity index (χ3v) is 8.14. The SMILES string of the molecule is CC(=O)Nc1nc(C)c(-c2cc3c(c(C(C)N4CCOCC4)n2)C(=O)N([C@@H](C)C2CC2)C3)s1. The Balaban J connectivity index is 1.57. The Kier molecular flexibility index (Phi) is 5.96. The zero-order chi connectivity index (χ0) is 23.3. The first kappa shape index (κ1) is 22.4. The standard InChI is InChI=1S/C24H31N5O3S/c1-13-22(33-24(25-13)26-16(4)30)19-11-18-12-29(14(2)17-5-6-17)23(31)20(18)21(27-19)15(3)28-7-9-32-10-8-28/h11,14-15,17H,5-10,12H2,1-4H3,(H,25,26,30)/t14-,15?/m0/s1. The number of rotatable bonds is 6. The highest BCUT2D eigenvalue weighted by Gasteiger charge is 2.41. The Bertz CT molecular complexity index is 1090. The van der Waals surface area contributed by atoms with Crippen LogP contribution in [-0.2, 0) is 16.1 Å². The molecule has 2 aromatic rings. The highest BCUT2D eigenvalue weighted by atomic mass is 32.1. The number of hydrogen-bond donors (Lipinski definition) is 1. The van der Waals surface area contributed by atoms with Crippen LogP contribution in [0.1, 0.15) is 67.0 Å². The lowest BCUT2D eigenvalue weighted by Crippen LogP contribution is -2.39. The van der Waals surface area contributed by atoms with Crippen molar-refractivity contribution < 1.29 is 14.3 Å². The van der Waals surface area contributed by atoms with Crippen molar-refractivity contribution in [2.24, 2.45) is 5.92 Å². The van der Waals surface area contributed by atoms with Crippen molar-refractivity contribution in [3.05, 3.63) is 28.6 Å². The lowest BCUT2D eigenvalue weighted by molar-refractivity contribution is -0.114. The van der Waals surface area contributed by atoms with E-state index in [1.54, 1.807) is 0 Å². The Morgan fingerprint density at radius 2 is 1.97 bits per heavy atom. The minimum atomic E-state index is -0.144. The fourth-order valence-corrected chi connectivity index (χ4v) is 5.92. The fourth-order valence-electron chi connectivity index (χ4n) is 4.95. The maximum Gasteiger partial charge on any atom is 0.256 e. The van der Waals surface area contributed by atoms with Gasteiger partial charge in [0.25, 0.3) is 5.91 Å². The number of nitrogens with one attached hydrogen (secondary N) is 1. The van der Waals surface area contributed by atoms with Gasteiger partial charge in [-0.15, -0.1) is 0 Å². The van der Waals surface area contributed by atoms with E-state index in [0.717, 1.165) is 46.2 Å². The molecule has 1 aliphatic carbocycles. The second-order valence-corrected chi connectivity index (χ2v) is 10.4. The van der Waals surface area contributed by atoms with Gasteiger partial charge in [-0.05, 0) is 51.2 Å². The van der Waals surface area contributed by atoms with Crippen LogP contribution in [0.2, 0.25) is 0 Å². The number of fused-ring (bicyclic) bond motifs is 1. The third-order valence-electron chi connectivity index (χ3n) is 7.04. The van der Waals surface area contributed by atoms with Crippen LogP contribution >= 0.6 is 11.3 Å². The van der Waals surface area contributed by atoms with Crippen molar-refractivity contribution in [3.8, 4) is 10.6 Å². The van der Waals surface area contributed by atoms with Gasteiger partial charge in [-0.2, -0.15) is 0 Å². The molecule has 2 aromatic heterocycles. The van der Waals surface area contributed by atoms with Crippen molar-refractivity contribution in [1.82, 2.24) is 19.8 Å². The summed E-state index contributed by atoms with van der Waals surface area (Å²) >= 11 is 1.43. The van der Waals surface area contributed by atoms with Gasteiger partial charge in [-0.25, -0.2) is 9.97 Å². The molecular weight excluding hydrogens is 438 g/mol. The van der Waals surface area contributed by atoms with Gasteiger partial charge < -0.3 is 15.0 Å². The minimum absolute atomic E-state index is 0.00535. The van der Waals surface area contributed by atoms with Crippen LogP contribution in [0.4, 0.5) is 5.13 Å². The summed E-state index contributed by atoms with van der Waals surface area (Å²) in [5.74, 6) is 0.576. The van der Waals surface area contributed by atoms with E-state index < -0.39 is 0 Å². The van der Waals surface area contributed by atoms with Gasteiger partial charge in [0.1, 0.15) is 0 Å². The van der Waals surface area contributed by atoms with E-state index in [0.29, 0.717) is 30.8 Å². The van der Waals surface area contributed by atoms with Crippen LogP contribution < -0.4 is 5.32 Å². The Morgan fingerprint density at radius 3 is 2.64 bits per heavy atom. The number of thiazole rings is 1. The summed E-state index contributed by atoms with van der Waals surface area (Å²) < 4.78 is 5.55. The molecule has 2 amide bonds. The number of pyridine rings is 1. The number of nitrogens with zero attached hydrogens (tertiary/aromatic N) is 4. The molecule has 2 fully saturated rings. The molecule has 2 atom stereocenters. The number of morpholine rings is 1. The van der Waals surface area contributed by atoms with Crippen LogP contribution in [0.5, 0.6) is 0 Å². The zero-order valence-electron chi connectivity index (χ0n) is 19.7. The minimum Gasteiger partial charge on any atom is -0.379 e. The number of aryl methyl sites for hydroxylation is 1. The summed E-state index contributed by atoms with van der Waals surface area (Å²) in [6.07, 6.45) is 2.40. The molecule has 4 heterocycles. The maximum atomic E-state index is 13.6. The summed E-state index contributed by atoms with van der Waals surface area (Å²) in [6.45, 7) is 11.4. The van der Waals surface area contributed by atoms with E-state index in [9.17, 15) is 9.59 Å². The maximum absolute atomic E-state index is 13.6. The topological polar surface area (TPSA) is 87.7 Å². The van der Waals surface area contributed by atoms with Crippen molar-refractivity contribution >= 4 is 28.3 Å². The molecule has 176 valence electrons. The quantitative estimate of drug-likeness (QED) is 0.695. The number of carbonyl (C=O) groups is 2. The zero-order valence-corrected chi connectivity index (χ0v) is 20.5. The van der Waals surface area contributed by atoms with Crippen molar-refractivity contribution in [2.45, 2.75) is 59.2 Å². The van der Waals surface area contributed by atoms with Crippen LogP contribution in [0, 0.1) is 12.8 Å². The van der Waals surface area contributed by atoms with Gasteiger partial charge in [-0.3, -0.25) is 14.5 Å². The highest BCUT2D eigenvalue weighted by Crippen LogP contribution is 2.42. The van der Waals surface area contributed by atoms with Gasteiger partial charge in [0.2, 0.25) is 5.91 Å². The first-order chi connectivity index (χ1) is 15.8. The summed E-state index contributed by atoms with van der Waals surface area (Å²) in [5, 5.41) is 3.35. The van der Waals surface area contributed by atoms with E-state index in [1.165, 1.54) is 31.1 Å². The average molecular weight is 470 g/mol. The Labute approximate surface area is 198 Å².